The van der Waals surface area contributed by atoms with Gasteiger partial charge in [0.25, 0.3) is 0 Å². The Hall–Kier alpha value is -3.35. The number of benzene rings is 2. The first kappa shape index (κ1) is 22.3. The maximum atomic E-state index is 12.4. The fourth-order valence-corrected chi connectivity index (χ4v) is 3.13. The average Bonchev–Trinajstić information content (AvgIpc) is 2.75. The van der Waals surface area contributed by atoms with E-state index in [1.54, 1.807) is 14.2 Å². The van der Waals surface area contributed by atoms with Gasteiger partial charge in [-0.25, -0.2) is 5.01 Å². The van der Waals surface area contributed by atoms with E-state index in [1.165, 1.54) is 5.01 Å². The van der Waals surface area contributed by atoms with E-state index in [-0.39, 0.29) is 11.8 Å². The Balaban J connectivity index is 1.75. The minimum Gasteiger partial charge on any atom is -0.493 e. The van der Waals surface area contributed by atoms with Crippen LogP contribution in [0.1, 0.15) is 44.7 Å². The molecule has 7 nitrogen and oxygen atoms in total. The van der Waals surface area contributed by atoms with Crippen LogP contribution in [0.3, 0.4) is 0 Å². The summed E-state index contributed by atoms with van der Waals surface area (Å²) in [5.74, 6) is 1.21. The van der Waals surface area contributed by atoms with E-state index in [0.29, 0.717) is 30.9 Å². The molecular weight excluding hydrogens is 394 g/mol. The number of nitrogens with one attached hydrogen (secondary N) is 1. The molecule has 0 fully saturated rings. The Labute approximate surface area is 183 Å². The Morgan fingerprint density at radius 3 is 2.32 bits per heavy atom. The zero-order valence-corrected chi connectivity index (χ0v) is 18.7. The smallest absolute Gasteiger partial charge is 0.243 e. The Morgan fingerprint density at radius 1 is 1.03 bits per heavy atom. The molecule has 2 aromatic rings. The number of hydrogen-bond acceptors (Lipinski definition) is 5. The number of carbonyl (C=O) groups is 2. The van der Waals surface area contributed by atoms with Crippen molar-refractivity contribution in [3.05, 3.63) is 53.6 Å². The molecule has 1 N–H and O–H groups in total. The summed E-state index contributed by atoms with van der Waals surface area (Å²) in [6.07, 6.45) is 0.968. The van der Waals surface area contributed by atoms with Crippen LogP contribution in [0, 0.1) is 5.41 Å². The zero-order chi connectivity index (χ0) is 22.6. The van der Waals surface area contributed by atoms with Gasteiger partial charge >= 0.3 is 0 Å². The number of carbonyl (C=O) groups excluding carboxylic acids is 2. The van der Waals surface area contributed by atoms with Gasteiger partial charge in [-0.15, -0.1) is 0 Å². The van der Waals surface area contributed by atoms with Crippen molar-refractivity contribution in [3.8, 4) is 11.5 Å². The first-order chi connectivity index (χ1) is 14.7. The van der Waals surface area contributed by atoms with Crippen LogP contribution in [0.4, 0.5) is 5.69 Å². The van der Waals surface area contributed by atoms with Crippen LogP contribution in [0.25, 0.3) is 0 Å². The summed E-state index contributed by atoms with van der Waals surface area (Å²) in [4.78, 5) is 24.6. The molecule has 1 aliphatic rings. The fraction of sp³-hybridized carbons (Fsp3) is 0.375. The summed E-state index contributed by atoms with van der Waals surface area (Å²) in [6.45, 7) is 5.97. The number of rotatable bonds is 6. The molecule has 0 aliphatic carbocycles. The maximum Gasteiger partial charge on any atom is 0.243 e. The SMILES string of the molecule is COc1ccc(C2=NN(Cc3ccc(NC(=O)C(C)(C)C)cc3)C(=O)CC2)cc1OC. The molecule has 2 amide bonds. The summed E-state index contributed by atoms with van der Waals surface area (Å²) < 4.78 is 10.7. The molecule has 0 bridgehead atoms. The quantitative estimate of drug-likeness (QED) is 0.755. The van der Waals surface area contributed by atoms with E-state index < -0.39 is 5.41 Å². The molecule has 0 saturated carbocycles. The van der Waals surface area contributed by atoms with Crippen molar-refractivity contribution in [2.75, 3.05) is 19.5 Å². The lowest BCUT2D eigenvalue weighted by atomic mass is 9.95. The molecule has 3 rings (SSSR count). The summed E-state index contributed by atoms with van der Waals surface area (Å²) in [7, 11) is 3.18. The van der Waals surface area contributed by atoms with Crippen LogP contribution >= 0.6 is 0 Å². The second-order valence-electron chi connectivity index (χ2n) is 8.47. The Bertz CT molecular complexity index is 991. The first-order valence-electron chi connectivity index (χ1n) is 10.2. The van der Waals surface area contributed by atoms with Gasteiger partial charge < -0.3 is 14.8 Å². The minimum absolute atomic E-state index is 0.0191. The standard InChI is InChI=1S/C24H29N3O4/c1-24(2,3)23(29)25-18-9-6-16(7-10-18)15-27-22(28)13-11-19(26-27)17-8-12-20(30-4)21(14-17)31-5/h6-10,12,14H,11,13,15H2,1-5H3,(H,25,29). The van der Waals surface area contributed by atoms with Crippen molar-refractivity contribution >= 4 is 23.2 Å². The number of hydrazone groups is 1. The molecule has 0 unspecified atom stereocenters. The van der Waals surface area contributed by atoms with Gasteiger partial charge in [0.15, 0.2) is 11.5 Å². The molecule has 164 valence electrons. The van der Waals surface area contributed by atoms with Gasteiger partial charge in [0.1, 0.15) is 0 Å². The highest BCUT2D eigenvalue weighted by atomic mass is 16.5. The highest BCUT2D eigenvalue weighted by Crippen LogP contribution is 2.29. The third-order valence-electron chi connectivity index (χ3n) is 5.05. The van der Waals surface area contributed by atoms with Gasteiger partial charge in [-0.2, -0.15) is 5.10 Å². The predicted octanol–water partition coefficient (Wildman–Crippen LogP) is 4.22. The van der Waals surface area contributed by atoms with Crippen molar-refractivity contribution in [3.63, 3.8) is 0 Å². The van der Waals surface area contributed by atoms with Crippen molar-refractivity contribution in [1.29, 1.82) is 0 Å². The van der Waals surface area contributed by atoms with Gasteiger partial charge in [-0.3, -0.25) is 9.59 Å². The van der Waals surface area contributed by atoms with Crippen molar-refractivity contribution in [2.24, 2.45) is 10.5 Å². The Kier molecular flexibility index (Phi) is 6.63. The first-order valence-corrected chi connectivity index (χ1v) is 10.2. The summed E-state index contributed by atoms with van der Waals surface area (Å²) in [5, 5.41) is 9.00. The molecule has 31 heavy (non-hydrogen) atoms. The molecule has 1 heterocycles. The fourth-order valence-electron chi connectivity index (χ4n) is 3.13. The number of nitrogens with zero attached hydrogens (tertiary/aromatic N) is 2. The van der Waals surface area contributed by atoms with Gasteiger partial charge in [0.2, 0.25) is 11.8 Å². The number of amides is 2. The maximum absolute atomic E-state index is 12.4. The molecule has 0 spiro atoms. The molecule has 0 radical (unpaired) electrons. The second kappa shape index (κ2) is 9.20. The highest BCUT2D eigenvalue weighted by molar-refractivity contribution is 6.04. The predicted molar refractivity (Wildman–Crippen MR) is 120 cm³/mol. The normalized spacial score (nSPS) is 14.2. The lowest BCUT2D eigenvalue weighted by molar-refractivity contribution is -0.132. The summed E-state index contributed by atoms with van der Waals surface area (Å²) in [5.41, 5.74) is 2.92. The van der Waals surface area contributed by atoms with Crippen molar-refractivity contribution in [1.82, 2.24) is 5.01 Å². The van der Waals surface area contributed by atoms with E-state index in [2.05, 4.69) is 10.4 Å². The van der Waals surface area contributed by atoms with Crippen LogP contribution in [0.15, 0.2) is 47.6 Å². The molecule has 1 aliphatic heterocycles. The molecule has 0 saturated heterocycles. The zero-order valence-electron chi connectivity index (χ0n) is 18.7. The lowest BCUT2D eigenvalue weighted by Crippen LogP contribution is -2.31. The van der Waals surface area contributed by atoms with Crippen LogP contribution in [-0.2, 0) is 16.1 Å². The molecule has 0 aromatic heterocycles. The monoisotopic (exact) mass is 423 g/mol. The van der Waals surface area contributed by atoms with Gasteiger partial charge in [0, 0.05) is 29.5 Å². The number of hydrogen-bond donors (Lipinski definition) is 1. The third kappa shape index (κ3) is 5.42. The van der Waals surface area contributed by atoms with E-state index in [4.69, 9.17) is 9.47 Å². The largest absolute Gasteiger partial charge is 0.493 e. The van der Waals surface area contributed by atoms with E-state index in [1.807, 2.05) is 63.2 Å². The van der Waals surface area contributed by atoms with E-state index >= 15 is 0 Å². The average molecular weight is 424 g/mol. The van der Waals surface area contributed by atoms with Gasteiger partial charge in [0.05, 0.1) is 26.5 Å². The van der Waals surface area contributed by atoms with Crippen LogP contribution in [0.5, 0.6) is 11.5 Å². The minimum atomic E-state index is -0.464. The van der Waals surface area contributed by atoms with Crippen LogP contribution < -0.4 is 14.8 Å². The van der Waals surface area contributed by atoms with Crippen molar-refractivity contribution < 1.29 is 19.1 Å². The molecule has 0 atom stereocenters. The van der Waals surface area contributed by atoms with Crippen LogP contribution in [-0.4, -0.2) is 36.8 Å². The topological polar surface area (TPSA) is 80.2 Å². The van der Waals surface area contributed by atoms with Crippen LogP contribution in [0.2, 0.25) is 0 Å². The van der Waals surface area contributed by atoms with Crippen molar-refractivity contribution in [2.45, 2.75) is 40.2 Å². The lowest BCUT2D eigenvalue weighted by Gasteiger charge is -2.24. The number of anilines is 1. The van der Waals surface area contributed by atoms with E-state index in [0.717, 1.165) is 22.5 Å². The summed E-state index contributed by atoms with van der Waals surface area (Å²) >= 11 is 0. The third-order valence-corrected chi connectivity index (χ3v) is 5.05. The van der Waals surface area contributed by atoms with Gasteiger partial charge in [-0.05, 0) is 35.9 Å². The summed E-state index contributed by atoms with van der Waals surface area (Å²) in [6, 6.07) is 13.1. The molecule has 2 aromatic carbocycles. The second-order valence-corrected chi connectivity index (χ2v) is 8.47. The number of methoxy groups -OCH3 is 2. The Morgan fingerprint density at radius 2 is 1.71 bits per heavy atom. The molecular formula is C24H29N3O4. The number of ether oxygens (including phenoxy) is 2. The highest BCUT2D eigenvalue weighted by Gasteiger charge is 2.23. The van der Waals surface area contributed by atoms with E-state index in [9.17, 15) is 9.59 Å². The van der Waals surface area contributed by atoms with Gasteiger partial charge in [-0.1, -0.05) is 32.9 Å². The molecule has 7 heteroatoms.